The number of benzene rings is 1. The van der Waals surface area contributed by atoms with E-state index in [1.165, 1.54) is 13.2 Å². The van der Waals surface area contributed by atoms with Gasteiger partial charge in [0, 0.05) is 6.08 Å². The number of hydrogen-bond acceptors (Lipinski definition) is 4. The van der Waals surface area contributed by atoms with E-state index in [2.05, 4.69) is 15.4 Å². The van der Waals surface area contributed by atoms with Gasteiger partial charge < -0.3 is 9.47 Å². The van der Waals surface area contributed by atoms with Gasteiger partial charge in [-0.1, -0.05) is 18.1 Å². The molecular formula is C14H12O4. The van der Waals surface area contributed by atoms with Crippen LogP contribution in [0.3, 0.4) is 0 Å². The Labute approximate surface area is 105 Å². The smallest absolute Gasteiger partial charge is 0.337 e. The molecule has 4 nitrogen and oxygen atoms in total. The first-order chi connectivity index (χ1) is 8.67. The Balaban J connectivity index is 2.64. The molecule has 0 radical (unpaired) electrons. The van der Waals surface area contributed by atoms with Crippen molar-refractivity contribution in [3.05, 3.63) is 41.5 Å². The van der Waals surface area contributed by atoms with Crippen LogP contribution in [0.25, 0.3) is 6.08 Å². The molecular weight excluding hydrogens is 232 g/mol. The van der Waals surface area contributed by atoms with Crippen molar-refractivity contribution in [2.75, 3.05) is 13.7 Å². The zero-order valence-electron chi connectivity index (χ0n) is 9.88. The molecule has 1 aromatic carbocycles. The quantitative estimate of drug-likeness (QED) is 0.459. The Morgan fingerprint density at radius 3 is 2.56 bits per heavy atom. The fourth-order valence-corrected chi connectivity index (χ4v) is 1.17. The maximum absolute atomic E-state index is 11.2. The lowest BCUT2D eigenvalue weighted by Gasteiger charge is -1.99. The second-order valence-electron chi connectivity index (χ2n) is 3.26. The average molecular weight is 244 g/mol. The van der Waals surface area contributed by atoms with Gasteiger partial charge in [-0.05, 0) is 23.8 Å². The van der Waals surface area contributed by atoms with E-state index in [0.29, 0.717) is 5.56 Å². The Hall–Kier alpha value is -2.54. The molecule has 4 heteroatoms. The summed E-state index contributed by atoms with van der Waals surface area (Å²) in [6, 6.07) is 6.60. The second-order valence-corrected chi connectivity index (χ2v) is 3.26. The van der Waals surface area contributed by atoms with E-state index in [1.807, 2.05) is 0 Å². The van der Waals surface area contributed by atoms with Crippen LogP contribution >= 0.6 is 0 Å². The van der Waals surface area contributed by atoms with Crippen LogP contribution in [0, 0.1) is 12.3 Å². The molecule has 0 aliphatic rings. The first-order valence-corrected chi connectivity index (χ1v) is 5.14. The number of hydrogen-bond donors (Lipinski definition) is 0. The Bertz CT molecular complexity index is 492. The largest absolute Gasteiger partial charge is 0.465 e. The van der Waals surface area contributed by atoms with E-state index in [1.54, 1.807) is 30.3 Å². The molecule has 0 aliphatic heterocycles. The number of methoxy groups -OCH3 is 1. The van der Waals surface area contributed by atoms with E-state index < -0.39 is 11.9 Å². The van der Waals surface area contributed by atoms with Crippen LogP contribution in [-0.4, -0.2) is 25.7 Å². The molecule has 0 amide bonds. The number of terminal acetylenes is 1. The van der Waals surface area contributed by atoms with Gasteiger partial charge in [0.15, 0.2) is 6.61 Å². The standard InChI is InChI=1S/C14H12O4/c1-3-10-18-13(15)9-6-11-4-7-12(8-5-11)14(16)17-2/h1,4-9H,10H2,2H3. The van der Waals surface area contributed by atoms with E-state index in [4.69, 9.17) is 6.42 Å². The first kappa shape index (κ1) is 13.5. The highest BCUT2D eigenvalue weighted by atomic mass is 16.5. The zero-order chi connectivity index (χ0) is 13.4. The molecule has 1 aromatic rings. The molecule has 0 bridgehead atoms. The van der Waals surface area contributed by atoms with Crippen molar-refractivity contribution in [2.24, 2.45) is 0 Å². The van der Waals surface area contributed by atoms with Crippen LogP contribution in [0.2, 0.25) is 0 Å². The molecule has 0 atom stereocenters. The van der Waals surface area contributed by atoms with Crippen molar-refractivity contribution in [1.82, 2.24) is 0 Å². The highest BCUT2D eigenvalue weighted by Crippen LogP contribution is 2.07. The Morgan fingerprint density at radius 1 is 1.33 bits per heavy atom. The van der Waals surface area contributed by atoms with Crippen molar-refractivity contribution >= 4 is 18.0 Å². The maximum atomic E-state index is 11.2. The summed E-state index contributed by atoms with van der Waals surface area (Å²) in [5.41, 5.74) is 1.21. The third-order valence-corrected chi connectivity index (χ3v) is 2.04. The highest BCUT2D eigenvalue weighted by Gasteiger charge is 2.03. The van der Waals surface area contributed by atoms with Gasteiger partial charge in [0.1, 0.15) is 0 Å². The highest BCUT2D eigenvalue weighted by molar-refractivity contribution is 5.90. The molecule has 0 unspecified atom stereocenters. The van der Waals surface area contributed by atoms with Gasteiger partial charge in [-0.2, -0.15) is 0 Å². The molecule has 0 N–H and O–H groups in total. The molecule has 0 saturated heterocycles. The molecule has 0 aromatic heterocycles. The van der Waals surface area contributed by atoms with Crippen molar-refractivity contribution in [3.63, 3.8) is 0 Å². The predicted octanol–water partition coefficient (Wildman–Crippen LogP) is 1.66. The van der Waals surface area contributed by atoms with Crippen LogP contribution in [0.15, 0.2) is 30.3 Å². The van der Waals surface area contributed by atoms with Crippen LogP contribution in [0.5, 0.6) is 0 Å². The van der Waals surface area contributed by atoms with Gasteiger partial charge in [0.2, 0.25) is 0 Å². The molecule has 92 valence electrons. The molecule has 0 heterocycles. The summed E-state index contributed by atoms with van der Waals surface area (Å²) in [4.78, 5) is 22.3. The molecule has 1 rings (SSSR count). The third-order valence-electron chi connectivity index (χ3n) is 2.04. The summed E-state index contributed by atoms with van der Waals surface area (Å²) in [6.07, 6.45) is 7.78. The lowest BCUT2D eigenvalue weighted by molar-refractivity contribution is -0.136. The number of rotatable bonds is 4. The molecule has 0 fully saturated rings. The van der Waals surface area contributed by atoms with E-state index >= 15 is 0 Å². The summed E-state index contributed by atoms with van der Waals surface area (Å²) in [6.45, 7) is -0.0511. The summed E-state index contributed by atoms with van der Waals surface area (Å²) in [7, 11) is 1.32. The zero-order valence-corrected chi connectivity index (χ0v) is 9.88. The van der Waals surface area contributed by atoms with Gasteiger partial charge in [0.25, 0.3) is 0 Å². The third kappa shape index (κ3) is 4.14. The Kier molecular flexibility index (Phi) is 5.20. The van der Waals surface area contributed by atoms with Crippen molar-refractivity contribution < 1.29 is 19.1 Å². The Morgan fingerprint density at radius 2 is 2.00 bits per heavy atom. The SMILES string of the molecule is C#CCOC(=O)C=Cc1ccc(C(=O)OC)cc1. The fraction of sp³-hybridized carbons (Fsp3) is 0.143. The van der Waals surface area contributed by atoms with E-state index in [-0.39, 0.29) is 6.61 Å². The summed E-state index contributed by atoms with van der Waals surface area (Å²) >= 11 is 0. The van der Waals surface area contributed by atoms with Gasteiger partial charge >= 0.3 is 11.9 Å². The van der Waals surface area contributed by atoms with Gasteiger partial charge in [-0.15, -0.1) is 6.42 Å². The van der Waals surface area contributed by atoms with E-state index in [0.717, 1.165) is 5.56 Å². The summed E-state index contributed by atoms with van der Waals surface area (Å²) in [5, 5.41) is 0. The van der Waals surface area contributed by atoms with Crippen molar-refractivity contribution in [3.8, 4) is 12.3 Å². The van der Waals surface area contributed by atoms with Crippen LogP contribution in [0.4, 0.5) is 0 Å². The molecule has 0 spiro atoms. The fourth-order valence-electron chi connectivity index (χ4n) is 1.17. The van der Waals surface area contributed by atoms with Crippen LogP contribution in [0.1, 0.15) is 15.9 Å². The first-order valence-electron chi connectivity index (χ1n) is 5.14. The number of carbonyl (C=O) groups excluding carboxylic acids is 2. The van der Waals surface area contributed by atoms with Crippen molar-refractivity contribution in [2.45, 2.75) is 0 Å². The van der Waals surface area contributed by atoms with Gasteiger partial charge in [-0.25, -0.2) is 9.59 Å². The number of carbonyl (C=O) groups is 2. The van der Waals surface area contributed by atoms with E-state index in [9.17, 15) is 9.59 Å². The molecule has 0 aliphatic carbocycles. The minimum absolute atomic E-state index is 0.0511. The van der Waals surface area contributed by atoms with Gasteiger partial charge in [0.05, 0.1) is 12.7 Å². The summed E-state index contributed by atoms with van der Waals surface area (Å²) < 4.78 is 9.23. The monoisotopic (exact) mass is 244 g/mol. The summed E-state index contributed by atoms with van der Waals surface area (Å²) in [5.74, 6) is 1.28. The minimum Gasteiger partial charge on any atom is -0.465 e. The van der Waals surface area contributed by atoms with Gasteiger partial charge in [-0.3, -0.25) is 0 Å². The van der Waals surface area contributed by atoms with Crippen LogP contribution in [-0.2, 0) is 14.3 Å². The van der Waals surface area contributed by atoms with Crippen molar-refractivity contribution in [1.29, 1.82) is 0 Å². The lowest BCUT2D eigenvalue weighted by Crippen LogP contribution is -2.01. The minimum atomic E-state index is -0.509. The van der Waals surface area contributed by atoms with Crippen LogP contribution < -0.4 is 0 Å². The normalized spacial score (nSPS) is 9.78. The number of esters is 2. The maximum Gasteiger partial charge on any atom is 0.337 e. The second kappa shape index (κ2) is 6.92. The predicted molar refractivity (Wildman–Crippen MR) is 66.6 cm³/mol. The average Bonchev–Trinajstić information content (AvgIpc) is 2.42. The molecule has 0 saturated carbocycles. The molecule has 18 heavy (non-hydrogen) atoms. The number of ether oxygens (including phenoxy) is 2. The lowest BCUT2D eigenvalue weighted by atomic mass is 10.1. The topological polar surface area (TPSA) is 52.6 Å².